The molecule has 1 aromatic carbocycles. The standard InChI is InChI=1S/C13H17BrClNO3S/c14-10-3-4-12(11(15)7-10)20(18,19)16-8-13(9-17)5-1-2-6-13/h3-4,7,16-17H,1-2,5-6,8-9H2. The number of halogens is 2. The fourth-order valence-corrected chi connectivity index (χ4v) is 4.73. The van der Waals surface area contributed by atoms with Crippen molar-refractivity contribution in [2.45, 2.75) is 30.6 Å². The second-order valence-electron chi connectivity index (χ2n) is 5.26. The lowest BCUT2D eigenvalue weighted by molar-refractivity contribution is 0.134. The molecule has 20 heavy (non-hydrogen) atoms. The Balaban J connectivity index is 2.15. The Labute approximate surface area is 132 Å². The lowest BCUT2D eigenvalue weighted by Crippen LogP contribution is -2.38. The number of hydrogen-bond acceptors (Lipinski definition) is 3. The average molecular weight is 383 g/mol. The van der Waals surface area contributed by atoms with Crippen LogP contribution in [0.25, 0.3) is 0 Å². The molecule has 1 aliphatic carbocycles. The third-order valence-electron chi connectivity index (χ3n) is 3.82. The van der Waals surface area contributed by atoms with E-state index in [9.17, 15) is 13.5 Å². The second-order valence-corrected chi connectivity index (χ2v) is 8.32. The molecule has 0 atom stereocenters. The van der Waals surface area contributed by atoms with E-state index in [4.69, 9.17) is 11.6 Å². The van der Waals surface area contributed by atoms with E-state index in [1.54, 1.807) is 12.1 Å². The number of aliphatic hydroxyl groups excluding tert-OH is 1. The number of nitrogens with one attached hydrogen (secondary N) is 1. The summed E-state index contributed by atoms with van der Waals surface area (Å²) in [6.07, 6.45) is 3.75. The molecule has 7 heteroatoms. The first-order valence-corrected chi connectivity index (χ1v) is 9.10. The highest BCUT2D eigenvalue weighted by molar-refractivity contribution is 9.10. The van der Waals surface area contributed by atoms with E-state index in [-0.39, 0.29) is 28.5 Å². The van der Waals surface area contributed by atoms with Gasteiger partial charge in [-0.2, -0.15) is 0 Å². The van der Waals surface area contributed by atoms with Crippen molar-refractivity contribution < 1.29 is 13.5 Å². The molecule has 1 aromatic rings. The van der Waals surface area contributed by atoms with E-state index >= 15 is 0 Å². The third-order valence-corrected chi connectivity index (χ3v) is 6.20. The summed E-state index contributed by atoms with van der Waals surface area (Å²) in [6.45, 7) is 0.252. The zero-order chi connectivity index (χ0) is 14.8. The largest absolute Gasteiger partial charge is 0.396 e. The van der Waals surface area contributed by atoms with Crippen LogP contribution in [0.3, 0.4) is 0 Å². The molecule has 0 saturated heterocycles. The van der Waals surface area contributed by atoms with Crippen molar-refractivity contribution in [1.82, 2.24) is 4.72 Å². The molecule has 1 saturated carbocycles. The summed E-state index contributed by atoms with van der Waals surface area (Å²) >= 11 is 9.22. The Hall–Kier alpha value is -0.140. The topological polar surface area (TPSA) is 66.4 Å². The molecule has 0 spiro atoms. The van der Waals surface area contributed by atoms with Gasteiger partial charge in [0.05, 0.1) is 5.02 Å². The van der Waals surface area contributed by atoms with E-state index < -0.39 is 10.0 Å². The summed E-state index contributed by atoms with van der Waals surface area (Å²) in [4.78, 5) is 0.0634. The molecule has 0 aliphatic heterocycles. The lowest BCUT2D eigenvalue weighted by atomic mass is 9.88. The summed E-state index contributed by atoms with van der Waals surface area (Å²) in [5.74, 6) is 0. The Bertz CT molecular complexity index is 585. The van der Waals surface area contributed by atoms with Gasteiger partial charge >= 0.3 is 0 Å². The Morgan fingerprint density at radius 1 is 1.35 bits per heavy atom. The van der Waals surface area contributed by atoms with Crippen LogP contribution in [0.1, 0.15) is 25.7 Å². The summed E-state index contributed by atoms with van der Waals surface area (Å²) in [7, 11) is -3.66. The molecule has 0 amide bonds. The minimum Gasteiger partial charge on any atom is -0.396 e. The van der Waals surface area contributed by atoms with Crippen molar-refractivity contribution in [3.05, 3.63) is 27.7 Å². The van der Waals surface area contributed by atoms with Gasteiger partial charge in [-0.05, 0) is 31.0 Å². The molecule has 112 valence electrons. The molecule has 0 bridgehead atoms. The van der Waals surface area contributed by atoms with Crippen LogP contribution in [0.15, 0.2) is 27.6 Å². The molecule has 0 unspecified atom stereocenters. The van der Waals surface area contributed by atoms with Gasteiger partial charge in [-0.3, -0.25) is 0 Å². The fourth-order valence-electron chi connectivity index (χ4n) is 2.53. The van der Waals surface area contributed by atoms with Crippen LogP contribution < -0.4 is 4.72 Å². The number of benzene rings is 1. The van der Waals surface area contributed by atoms with Crippen molar-refractivity contribution in [3.63, 3.8) is 0 Å². The van der Waals surface area contributed by atoms with Crippen molar-refractivity contribution in [2.24, 2.45) is 5.41 Å². The number of aliphatic hydroxyl groups is 1. The summed E-state index contributed by atoms with van der Waals surface area (Å²) in [5, 5.41) is 9.69. The highest BCUT2D eigenvalue weighted by atomic mass is 79.9. The van der Waals surface area contributed by atoms with Crippen LogP contribution in [0, 0.1) is 5.41 Å². The summed E-state index contributed by atoms with van der Waals surface area (Å²) < 4.78 is 27.9. The number of sulfonamides is 1. The Kier molecular flexibility index (Phi) is 5.13. The minimum absolute atomic E-state index is 0.00356. The van der Waals surface area contributed by atoms with Gasteiger partial charge in [0.2, 0.25) is 10.0 Å². The normalized spacial score (nSPS) is 18.4. The van der Waals surface area contributed by atoms with Gasteiger partial charge in [0.1, 0.15) is 4.90 Å². The summed E-state index contributed by atoms with van der Waals surface area (Å²) in [6, 6.07) is 4.65. The molecule has 2 N–H and O–H groups in total. The Morgan fingerprint density at radius 3 is 2.55 bits per heavy atom. The van der Waals surface area contributed by atoms with E-state index in [2.05, 4.69) is 20.7 Å². The van der Waals surface area contributed by atoms with E-state index in [0.29, 0.717) is 0 Å². The Morgan fingerprint density at radius 2 is 2.00 bits per heavy atom. The fraction of sp³-hybridized carbons (Fsp3) is 0.538. The van der Waals surface area contributed by atoms with Gasteiger partial charge in [0.15, 0.2) is 0 Å². The zero-order valence-electron chi connectivity index (χ0n) is 10.9. The smallest absolute Gasteiger partial charge is 0.242 e. The highest BCUT2D eigenvalue weighted by Gasteiger charge is 2.34. The van der Waals surface area contributed by atoms with Crippen LogP contribution in [0.2, 0.25) is 5.02 Å². The second kappa shape index (κ2) is 6.32. The van der Waals surface area contributed by atoms with Crippen LogP contribution in [0.4, 0.5) is 0 Å². The van der Waals surface area contributed by atoms with Crippen molar-refractivity contribution in [2.75, 3.05) is 13.2 Å². The first-order chi connectivity index (χ1) is 9.38. The maximum Gasteiger partial charge on any atom is 0.242 e. The molecular weight excluding hydrogens is 366 g/mol. The highest BCUT2D eigenvalue weighted by Crippen LogP contribution is 2.37. The minimum atomic E-state index is -3.66. The molecule has 0 radical (unpaired) electrons. The van der Waals surface area contributed by atoms with Crippen LogP contribution >= 0.6 is 27.5 Å². The average Bonchev–Trinajstić information content (AvgIpc) is 2.85. The van der Waals surface area contributed by atoms with Crippen molar-refractivity contribution in [3.8, 4) is 0 Å². The van der Waals surface area contributed by atoms with E-state index in [1.165, 1.54) is 6.07 Å². The third kappa shape index (κ3) is 3.54. The molecule has 4 nitrogen and oxygen atoms in total. The van der Waals surface area contributed by atoms with Gasteiger partial charge in [-0.15, -0.1) is 0 Å². The molecule has 1 fully saturated rings. The quantitative estimate of drug-likeness (QED) is 0.823. The van der Waals surface area contributed by atoms with E-state index in [1.807, 2.05) is 0 Å². The lowest BCUT2D eigenvalue weighted by Gasteiger charge is -2.26. The van der Waals surface area contributed by atoms with Crippen LogP contribution in [-0.4, -0.2) is 26.7 Å². The van der Waals surface area contributed by atoms with Gasteiger partial charge in [0, 0.05) is 23.0 Å². The first kappa shape index (κ1) is 16.2. The van der Waals surface area contributed by atoms with Gasteiger partial charge < -0.3 is 5.11 Å². The van der Waals surface area contributed by atoms with Crippen molar-refractivity contribution >= 4 is 37.6 Å². The molecule has 1 aliphatic rings. The van der Waals surface area contributed by atoms with Gasteiger partial charge in [0.25, 0.3) is 0 Å². The molecule has 0 aromatic heterocycles. The van der Waals surface area contributed by atoms with Gasteiger partial charge in [-0.1, -0.05) is 40.4 Å². The zero-order valence-corrected chi connectivity index (χ0v) is 14.1. The van der Waals surface area contributed by atoms with Crippen LogP contribution in [0.5, 0.6) is 0 Å². The molecular formula is C13H17BrClNO3S. The SMILES string of the molecule is O=S(=O)(NCC1(CO)CCCC1)c1ccc(Br)cc1Cl. The summed E-state index contributed by atoms with van der Waals surface area (Å²) in [5.41, 5.74) is -0.324. The molecule has 0 heterocycles. The van der Waals surface area contributed by atoms with Crippen molar-refractivity contribution in [1.29, 1.82) is 0 Å². The maximum absolute atomic E-state index is 12.3. The monoisotopic (exact) mass is 381 g/mol. The van der Waals surface area contributed by atoms with E-state index in [0.717, 1.165) is 30.2 Å². The number of hydrogen-bond donors (Lipinski definition) is 2. The first-order valence-electron chi connectivity index (χ1n) is 6.44. The molecule has 2 rings (SSSR count). The maximum atomic E-state index is 12.3. The van der Waals surface area contributed by atoms with Gasteiger partial charge in [-0.25, -0.2) is 13.1 Å². The van der Waals surface area contributed by atoms with Crippen LogP contribution in [-0.2, 0) is 10.0 Å². The predicted molar refractivity (Wildman–Crippen MR) is 82.3 cm³/mol. The number of rotatable bonds is 5. The predicted octanol–water partition coefficient (Wildman–Crippen LogP) is 2.93.